The van der Waals surface area contributed by atoms with Crippen LogP contribution in [0.25, 0.3) is 22.0 Å². The summed E-state index contributed by atoms with van der Waals surface area (Å²) in [5, 5.41) is 15.3. The molecule has 3 amide bonds. The van der Waals surface area contributed by atoms with Crippen molar-refractivity contribution in [2.24, 2.45) is 5.73 Å². The Morgan fingerprint density at radius 3 is 2.73 bits per heavy atom. The maximum absolute atomic E-state index is 14.6. The Bertz CT molecular complexity index is 1690. The molecule has 2 aromatic carbocycles. The number of primary amides is 1. The number of nitrogens with zero attached hydrogens (tertiary/aromatic N) is 5. The molecule has 0 bridgehead atoms. The fraction of sp³-hybridized carbons (Fsp3) is 0.310. The van der Waals surface area contributed by atoms with Crippen molar-refractivity contribution in [3.63, 3.8) is 0 Å². The molecule has 210 valence electrons. The average molecular weight is 558 g/mol. The number of aromatic nitrogens is 4. The van der Waals surface area contributed by atoms with Crippen LogP contribution in [0.5, 0.6) is 5.75 Å². The van der Waals surface area contributed by atoms with Crippen molar-refractivity contribution in [3.05, 3.63) is 66.1 Å². The zero-order chi connectivity index (χ0) is 28.9. The number of alkyl halides is 1. The smallest absolute Gasteiger partial charge is 0.269 e. The quantitative estimate of drug-likeness (QED) is 0.371. The van der Waals surface area contributed by atoms with Gasteiger partial charge in [0.2, 0.25) is 11.8 Å². The summed E-state index contributed by atoms with van der Waals surface area (Å²) in [4.78, 5) is 40.3. The minimum Gasteiger partial charge on any atom is -0.485 e. The number of likely N-dealkylation sites (tertiary alicyclic amines) is 1. The van der Waals surface area contributed by atoms with Crippen molar-refractivity contribution in [2.45, 2.75) is 51.0 Å². The van der Waals surface area contributed by atoms with Gasteiger partial charge in [-0.05, 0) is 43.7 Å². The number of nitrogens with two attached hydrogens (primary N) is 1. The highest BCUT2D eigenvalue weighted by Crippen LogP contribution is 2.40. The molecule has 4 heterocycles. The highest BCUT2D eigenvalue weighted by atomic mass is 19.1. The highest BCUT2D eigenvalue weighted by Gasteiger charge is 2.41. The summed E-state index contributed by atoms with van der Waals surface area (Å²) >= 11 is 0. The van der Waals surface area contributed by atoms with Gasteiger partial charge in [-0.25, -0.2) is 4.39 Å². The maximum Gasteiger partial charge on any atom is 0.269 e. The SMILES string of the molecule is CC1(C)Cc2cccc(NC(=O)C3CC(F)CN3C(=O)Cn3nc(C(N)=O)c4cc(-c5ccnnc5)ccc43)c2O1. The molecule has 2 aliphatic rings. The molecule has 6 rings (SSSR count). The van der Waals surface area contributed by atoms with Crippen LogP contribution in [-0.4, -0.2) is 67.0 Å². The van der Waals surface area contributed by atoms with Gasteiger partial charge in [-0.15, -0.1) is 0 Å². The molecule has 0 spiro atoms. The Morgan fingerprint density at radius 1 is 1.15 bits per heavy atom. The molecule has 2 aliphatic heterocycles. The summed E-state index contributed by atoms with van der Waals surface area (Å²) in [6.45, 7) is 3.38. The first-order valence-electron chi connectivity index (χ1n) is 13.2. The lowest BCUT2D eigenvalue weighted by Crippen LogP contribution is -2.44. The number of carbonyl (C=O) groups is 3. The second-order valence-corrected chi connectivity index (χ2v) is 11.0. The third-order valence-electron chi connectivity index (χ3n) is 7.41. The van der Waals surface area contributed by atoms with Crippen LogP contribution in [-0.2, 0) is 22.6 Å². The molecule has 2 unspecified atom stereocenters. The molecule has 0 saturated carbocycles. The number of ether oxygens (including phenoxy) is 1. The predicted octanol–water partition coefficient (Wildman–Crippen LogP) is 2.88. The standard InChI is InChI=1S/C29H28FN7O4/c1-29(2)12-17-4-3-5-21(26(17)41-29)34-28(40)23-11-19(30)14-36(23)24(38)15-37-22-7-6-16(18-8-9-32-33-13-18)10-20(22)25(35-37)27(31)39/h3-10,13,19,23H,11-12,14-15H2,1-2H3,(H2,31,39)(H,34,40). The summed E-state index contributed by atoms with van der Waals surface area (Å²) in [6, 6.07) is 11.5. The van der Waals surface area contributed by atoms with Gasteiger partial charge in [0, 0.05) is 29.4 Å². The van der Waals surface area contributed by atoms with E-state index in [0.29, 0.717) is 28.8 Å². The van der Waals surface area contributed by atoms with Crippen LogP contribution >= 0.6 is 0 Å². The first-order chi connectivity index (χ1) is 19.6. The number of amides is 3. The summed E-state index contributed by atoms with van der Waals surface area (Å²) in [5.74, 6) is -1.18. The van der Waals surface area contributed by atoms with E-state index in [1.807, 2.05) is 26.0 Å². The first kappa shape index (κ1) is 26.4. The lowest BCUT2D eigenvalue weighted by molar-refractivity contribution is -0.137. The molecule has 11 nitrogen and oxygen atoms in total. The molecular formula is C29H28FN7O4. The third kappa shape index (κ3) is 4.96. The van der Waals surface area contributed by atoms with Gasteiger partial charge in [0.25, 0.3) is 5.91 Å². The lowest BCUT2D eigenvalue weighted by Gasteiger charge is -2.24. The van der Waals surface area contributed by atoms with Crippen LogP contribution in [0, 0.1) is 0 Å². The Morgan fingerprint density at radius 2 is 1.98 bits per heavy atom. The molecule has 2 atom stereocenters. The molecule has 41 heavy (non-hydrogen) atoms. The number of nitrogens with one attached hydrogen (secondary N) is 1. The van der Waals surface area contributed by atoms with Crippen LogP contribution < -0.4 is 15.8 Å². The number of hydrogen-bond acceptors (Lipinski definition) is 7. The monoisotopic (exact) mass is 557 g/mol. The van der Waals surface area contributed by atoms with Gasteiger partial charge in [0.05, 0.1) is 30.1 Å². The molecule has 0 aliphatic carbocycles. The van der Waals surface area contributed by atoms with E-state index < -0.39 is 35.5 Å². The minimum absolute atomic E-state index is 0.00314. The van der Waals surface area contributed by atoms with Crippen LogP contribution in [0.4, 0.5) is 10.1 Å². The number of hydrogen-bond donors (Lipinski definition) is 2. The Hall–Kier alpha value is -4.87. The fourth-order valence-electron chi connectivity index (χ4n) is 5.58. The van der Waals surface area contributed by atoms with Gasteiger partial charge in [0.15, 0.2) is 5.69 Å². The summed E-state index contributed by atoms with van der Waals surface area (Å²) in [5.41, 5.74) is 8.67. The molecule has 12 heteroatoms. The van der Waals surface area contributed by atoms with E-state index in [2.05, 4.69) is 20.6 Å². The van der Waals surface area contributed by atoms with Crippen molar-refractivity contribution < 1.29 is 23.5 Å². The first-order valence-corrected chi connectivity index (χ1v) is 13.2. The fourth-order valence-corrected chi connectivity index (χ4v) is 5.58. The van der Waals surface area contributed by atoms with Gasteiger partial charge in [-0.3, -0.25) is 19.1 Å². The minimum atomic E-state index is -1.36. The van der Waals surface area contributed by atoms with Gasteiger partial charge < -0.3 is 20.7 Å². The second-order valence-electron chi connectivity index (χ2n) is 11.0. The highest BCUT2D eigenvalue weighted by molar-refractivity contribution is 6.05. The molecule has 3 N–H and O–H groups in total. The van der Waals surface area contributed by atoms with Gasteiger partial charge in [-0.1, -0.05) is 18.2 Å². The number of anilines is 1. The molecular weight excluding hydrogens is 529 g/mol. The molecule has 0 radical (unpaired) electrons. The zero-order valence-corrected chi connectivity index (χ0v) is 22.5. The van der Waals surface area contributed by atoms with Crippen molar-refractivity contribution in [3.8, 4) is 16.9 Å². The maximum atomic E-state index is 14.6. The van der Waals surface area contributed by atoms with E-state index in [4.69, 9.17) is 10.5 Å². The average Bonchev–Trinajstić information content (AvgIpc) is 3.61. The number of rotatable bonds is 6. The Labute approximate surface area is 234 Å². The normalized spacial score (nSPS) is 19.1. The predicted molar refractivity (Wildman–Crippen MR) is 148 cm³/mol. The summed E-state index contributed by atoms with van der Waals surface area (Å²) in [7, 11) is 0. The van der Waals surface area contributed by atoms with E-state index in [-0.39, 0.29) is 25.2 Å². The van der Waals surface area contributed by atoms with Crippen molar-refractivity contribution in [2.75, 3.05) is 11.9 Å². The Kier molecular flexibility index (Phi) is 6.40. The third-order valence-corrected chi connectivity index (χ3v) is 7.41. The van der Waals surface area contributed by atoms with Gasteiger partial charge in [-0.2, -0.15) is 15.3 Å². The van der Waals surface area contributed by atoms with E-state index in [1.165, 1.54) is 9.58 Å². The number of halogens is 1. The van der Waals surface area contributed by atoms with E-state index in [1.54, 1.807) is 42.7 Å². The van der Waals surface area contributed by atoms with Crippen LogP contribution in [0.1, 0.15) is 36.3 Å². The molecule has 1 fully saturated rings. The van der Waals surface area contributed by atoms with Crippen molar-refractivity contribution in [1.82, 2.24) is 24.9 Å². The topological polar surface area (TPSA) is 145 Å². The Balaban J connectivity index is 1.25. The molecule has 2 aromatic heterocycles. The number of carbonyl (C=O) groups excluding carboxylic acids is 3. The molecule has 4 aromatic rings. The van der Waals surface area contributed by atoms with Crippen molar-refractivity contribution in [1.29, 1.82) is 0 Å². The van der Waals surface area contributed by atoms with Gasteiger partial charge >= 0.3 is 0 Å². The van der Waals surface area contributed by atoms with E-state index >= 15 is 0 Å². The molecule has 1 saturated heterocycles. The van der Waals surface area contributed by atoms with Crippen LogP contribution in [0.3, 0.4) is 0 Å². The summed E-state index contributed by atoms with van der Waals surface area (Å²) in [6.07, 6.45) is 2.34. The van der Waals surface area contributed by atoms with Gasteiger partial charge in [0.1, 0.15) is 30.1 Å². The van der Waals surface area contributed by atoms with Crippen LogP contribution in [0.15, 0.2) is 54.9 Å². The second kappa shape index (κ2) is 9.95. The zero-order valence-electron chi connectivity index (χ0n) is 22.5. The summed E-state index contributed by atoms with van der Waals surface area (Å²) < 4.78 is 22.0. The number of benzene rings is 2. The van der Waals surface area contributed by atoms with E-state index in [0.717, 1.165) is 16.7 Å². The lowest BCUT2D eigenvalue weighted by atomic mass is 10.0. The van der Waals surface area contributed by atoms with Crippen molar-refractivity contribution >= 4 is 34.3 Å². The number of fused-ring (bicyclic) bond motifs is 2. The van der Waals surface area contributed by atoms with E-state index in [9.17, 15) is 18.8 Å². The number of para-hydroxylation sites is 1. The largest absolute Gasteiger partial charge is 0.485 e. The van der Waals surface area contributed by atoms with Crippen LogP contribution in [0.2, 0.25) is 0 Å².